The fourth-order valence-electron chi connectivity index (χ4n) is 2.57. The van der Waals surface area contributed by atoms with Crippen LogP contribution in [0.1, 0.15) is 22.0 Å². The topological polar surface area (TPSA) is 60.0 Å². The van der Waals surface area contributed by atoms with Gasteiger partial charge in [0.1, 0.15) is 0 Å². The van der Waals surface area contributed by atoms with Crippen LogP contribution in [0.5, 0.6) is 17.2 Å². The number of nitrogens with one attached hydrogen (secondary N) is 1. The normalized spacial score (nSPS) is 11.9. The number of hydrogen-bond donors (Lipinski definition) is 1. The lowest BCUT2D eigenvalue weighted by molar-refractivity contribution is 0.0941. The van der Waals surface area contributed by atoms with Gasteiger partial charge in [-0.1, -0.05) is 0 Å². The van der Waals surface area contributed by atoms with Crippen molar-refractivity contribution in [3.8, 4) is 17.2 Å². The lowest BCUT2D eigenvalue weighted by Crippen LogP contribution is -2.34. The zero-order chi connectivity index (χ0) is 18.4. The summed E-state index contributed by atoms with van der Waals surface area (Å²) in [5, 5.41) is 7.11. The summed E-state index contributed by atoms with van der Waals surface area (Å²) >= 11 is 1.64. The summed E-state index contributed by atoms with van der Waals surface area (Å²) in [5.74, 6) is 1.18. The molecular formula is C18H24N2O4S. The van der Waals surface area contributed by atoms with Crippen LogP contribution in [-0.2, 0) is 0 Å². The number of thiophene rings is 1. The Balaban J connectivity index is 2.17. The second kappa shape index (κ2) is 8.73. The Morgan fingerprint density at radius 2 is 1.80 bits per heavy atom. The van der Waals surface area contributed by atoms with Crippen molar-refractivity contribution in [2.45, 2.75) is 6.04 Å². The molecule has 1 aromatic carbocycles. The number of benzene rings is 1. The van der Waals surface area contributed by atoms with Crippen molar-refractivity contribution in [1.29, 1.82) is 0 Å². The average Bonchev–Trinajstić information content (AvgIpc) is 3.14. The molecule has 2 aromatic rings. The Kier molecular flexibility index (Phi) is 6.66. The first-order valence-electron chi connectivity index (χ1n) is 7.78. The molecule has 2 rings (SSSR count). The second-order valence-corrected chi connectivity index (χ2v) is 6.44. The molecule has 0 aliphatic rings. The fraction of sp³-hybridized carbons (Fsp3) is 0.389. The lowest BCUT2D eigenvalue weighted by atomic mass is 10.1. The van der Waals surface area contributed by atoms with Gasteiger partial charge in [-0.05, 0) is 48.6 Å². The summed E-state index contributed by atoms with van der Waals surface area (Å²) in [6, 6.07) is 5.47. The van der Waals surface area contributed by atoms with E-state index in [1.165, 1.54) is 26.9 Å². The predicted octanol–water partition coefficient (Wildman–Crippen LogP) is 2.81. The van der Waals surface area contributed by atoms with Crippen molar-refractivity contribution in [2.24, 2.45) is 0 Å². The van der Waals surface area contributed by atoms with Gasteiger partial charge < -0.3 is 24.4 Å². The molecule has 0 saturated heterocycles. The first-order valence-corrected chi connectivity index (χ1v) is 8.72. The molecule has 0 radical (unpaired) electrons. The van der Waals surface area contributed by atoms with E-state index in [4.69, 9.17) is 14.2 Å². The van der Waals surface area contributed by atoms with E-state index >= 15 is 0 Å². The molecule has 0 spiro atoms. The average molecular weight is 364 g/mol. The van der Waals surface area contributed by atoms with E-state index in [1.54, 1.807) is 23.5 Å². The van der Waals surface area contributed by atoms with Gasteiger partial charge in [0.2, 0.25) is 5.75 Å². The molecule has 0 unspecified atom stereocenters. The van der Waals surface area contributed by atoms with Crippen molar-refractivity contribution in [3.05, 3.63) is 40.1 Å². The molecule has 0 saturated carbocycles. The molecule has 1 heterocycles. The van der Waals surface area contributed by atoms with Gasteiger partial charge in [-0.25, -0.2) is 0 Å². The Hall–Kier alpha value is -2.25. The number of rotatable bonds is 8. The van der Waals surface area contributed by atoms with E-state index in [-0.39, 0.29) is 11.9 Å². The van der Waals surface area contributed by atoms with Gasteiger partial charge in [0, 0.05) is 12.1 Å². The van der Waals surface area contributed by atoms with Gasteiger partial charge in [-0.2, -0.15) is 11.3 Å². The quantitative estimate of drug-likeness (QED) is 0.780. The molecule has 0 fully saturated rings. The van der Waals surface area contributed by atoms with Crippen LogP contribution in [0, 0.1) is 0 Å². The molecule has 7 heteroatoms. The maximum atomic E-state index is 12.6. The number of carbonyl (C=O) groups is 1. The van der Waals surface area contributed by atoms with Crippen LogP contribution in [0.4, 0.5) is 0 Å². The van der Waals surface area contributed by atoms with E-state index < -0.39 is 0 Å². The Bertz CT molecular complexity index is 676. The minimum absolute atomic E-state index is 0.109. The summed E-state index contributed by atoms with van der Waals surface area (Å²) < 4.78 is 15.9. The molecule has 0 bridgehead atoms. The monoisotopic (exact) mass is 364 g/mol. The highest BCUT2D eigenvalue weighted by Gasteiger charge is 2.19. The maximum absolute atomic E-state index is 12.6. The third kappa shape index (κ3) is 4.43. The highest BCUT2D eigenvalue weighted by Crippen LogP contribution is 2.38. The number of carbonyl (C=O) groups excluding carboxylic acids is 1. The summed E-state index contributed by atoms with van der Waals surface area (Å²) in [4.78, 5) is 14.7. The van der Waals surface area contributed by atoms with E-state index in [9.17, 15) is 4.79 Å². The highest BCUT2D eigenvalue weighted by atomic mass is 32.1. The van der Waals surface area contributed by atoms with Crippen LogP contribution >= 0.6 is 11.3 Å². The summed E-state index contributed by atoms with van der Waals surface area (Å²) in [6.45, 7) is 0.499. The molecule has 1 atom stereocenters. The number of likely N-dealkylation sites (N-methyl/N-ethyl adjacent to an activating group) is 1. The summed E-state index contributed by atoms with van der Waals surface area (Å²) in [5.41, 5.74) is 1.64. The van der Waals surface area contributed by atoms with E-state index in [0.717, 1.165) is 0 Å². The molecule has 1 amide bonds. The van der Waals surface area contributed by atoms with Crippen molar-refractivity contribution in [2.75, 3.05) is 42.0 Å². The number of hydrogen-bond acceptors (Lipinski definition) is 6. The molecular weight excluding hydrogens is 340 g/mol. The van der Waals surface area contributed by atoms with E-state index in [2.05, 4.69) is 21.7 Å². The Morgan fingerprint density at radius 1 is 1.16 bits per heavy atom. The van der Waals surface area contributed by atoms with Gasteiger partial charge >= 0.3 is 0 Å². The molecule has 1 aromatic heterocycles. The predicted molar refractivity (Wildman–Crippen MR) is 99.2 cm³/mol. The van der Waals surface area contributed by atoms with E-state index in [1.807, 2.05) is 19.5 Å². The molecule has 25 heavy (non-hydrogen) atoms. The fourth-order valence-corrected chi connectivity index (χ4v) is 3.27. The van der Waals surface area contributed by atoms with Gasteiger partial charge in [0.15, 0.2) is 11.5 Å². The molecule has 6 nitrogen and oxygen atoms in total. The number of methoxy groups -OCH3 is 3. The van der Waals surface area contributed by atoms with Crippen molar-refractivity contribution in [1.82, 2.24) is 10.2 Å². The third-order valence-corrected chi connectivity index (χ3v) is 4.64. The molecule has 0 aliphatic heterocycles. The SMILES string of the molecule is COc1cc(C(=O)NC[C@H](c2ccsc2)N(C)C)cc(OC)c1OC. The lowest BCUT2D eigenvalue weighted by Gasteiger charge is -2.24. The molecule has 136 valence electrons. The van der Waals surface area contributed by atoms with Gasteiger partial charge in [-0.15, -0.1) is 0 Å². The Morgan fingerprint density at radius 3 is 2.24 bits per heavy atom. The van der Waals surface area contributed by atoms with Crippen molar-refractivity contribution < 1.29 is 19.0 Å². The summed E-state index contributed by atoms with van der Waals surface area (Å²) in [7, 11) is 8.57. The summed E-state index contributed by atoms with van der Waals surface area (Å²) in [6.07, 6.45) is 0. The van der Waals surface area contributed by atoms with Gasteiger partial charge in [0.05, 0.1) is 27.4 Å². The van der Waals surface area contributed by atoms with Gasteiger partial charge in [-0.3, -0.25) is 4.79 Å². The minimum Gasteiger partial charge on any atom is -0.493 e. The standard InChI is InChI=1S/C18H24N2O4S/c1-20(2)14(12-6-7-25-11-12)10-19-18(21)13-8-15(22-3)17(24-5)16(9-13)23-4/h6-9,11,14H,10H2,1-5H3,(H,19,21)/t14-/m1/s1. The zero-order valence-corrected chi connectivity index (χ0v) is 16.0. The molecule has 0 aliphatic carbocycles. The minimum atomic E-state index is -0.193. The first kappa shape index (κ1) is 19.1. The largest absolute Gasteiger partial charge is 0.493 e. The maximum Gasteiger partial charge on any atom is 0.251 e. The number of amides is 1. The van der Waals surface area contributed by atoms with Gasteiger partial charge in [0.25, 0.3) is 5.91 Å². The van der Waals surface area contributed by atoms with Crippen molar-refractivity contribution in [3.63, 3.8) is 0 Å². The van der Waals surface area contributed by atoms with E-state index in [0.29, 0.717) is 29.4 Å². The number of ether oxygens (including phenoxy) is 3. The smallest absolute Gasteiger partial charge is 0.251 e. The van der Waals surface area contributed by atoms with Crippen LogP contribution < -0.4 is 19.5 Å². The Labute approximate surface area is 152 Å². The van der Waals surface area contributed by atoms with Crippen LogP contribution in [0.2, 0.25) is 0 Å². The third-order valence-electron chi connectivity index (χ3n) is 3.93. The first-order chi connectivity index (χ1) is 12.0. The zero-order valence-electron chi connectivity index (χ0n) is 15.2. The van der Waals surface area contributed by atoms with Crippen LogP contribution in [-0.4, -0.2) is 52.8 Å². The van der Waals surface area contributed by atoms with Crippen LogP contribution in [0.25, 0.3) is 0 Å². The number of nitrogens with zero attached hydrogens (tertiary/aromatic N) is 1. The molecule has 1 N–H and O–H groups in total. The second-order valence-electron chi connectivity index (χ2n) is 5.66. The van der Waals surface area contributed by atoms with Crippen LogP contribution in [0.3, 0.4) is 0 Å². The van der Waals surface area contributed by atoms with Crippen molar-refractivity contribution >= 4 is 17.2 Å². The highest BCUT2D eigenvalue weighted by molar-refractivity contribution is 7.07. The van der Waals surface area contributed by atoms with Crippen LogP contribution in [0.15, 0.2) is 29.0 Å².